The number of benzene rings is 2. The Labute approximate surface area is 267 Å². The van der Waals surface area contributed by atoms with Crippen LogP contribution in [0, 0.1) is 5.82 Å². The standard InChI is InChI=1S/C33H39ClFN5O5/c1-7-44-31(41)21-43-16-8-15-40(23-10-11-27(35)26(34)18-23)30-13-14-36-28-12-9-22(17-25(28)30)29-19-24(39(6)37-29)20-38(5)32(42)45-33(2,3)4/h9-14,17-19H,7-8,15-16,20-21H2,1-6H3. The molecule has 2 aromatic carbocycles. The van der Waals surface area contributed by atoms with E-state index < -0.39 is 23.5 Å². The topological polar surface area (TPSA) is 99.0 Å². The molecule has 0 N–H and O–H groups in total. The van der Waals surface area contributed by atoms with E-state index in [4.69, 9.17) is 30.9 Å². The highest BCUT2D eigenvalue weighted by Gasteiger charge is 2.21. The van der Waals surface area contributed by atoms with E-state index in [-0.39, 0.29) is 11.6 Å². The van der Waals surface area contributed by atoms with Crippen LogP contribution < -0.4 is 4.90 Å². The summed E-state index contributed by atoms with van der Waals surface area (Å²) in [6.07, 6.45) is 1.86. The van der Waals surface area contributed by atoms with Crippen molar-refractivity contribution in [2.75, 3.05) is 38.3 Å². The van der Waals surface area contributed by atoms with E-state index in [0.717, 1.165) is 33.5 Å². The van der Waals surface area contributed by atoms with Gasteiger partial charge in [-0.15, -0.1) is 0 Å². The van der Waals surface area contributed by atoms with Crippen molar-refractivity contribution in [3.63, 3.8) is 0 Å². The number of amides is 1. The van der Waals surface area contributed by atoms with Gasteiger partial charge in [0.15, 0.2) is 0 Å². The van der Waals surface area contributed by atoms with Crippen molar-refractivity contribution in [1.29, 1.82) is 0 Å². The summed E-state index contributed by atoms with van der Waals surface area (Å²) >= 11 is 6.19. The minimum absolute atomic E-state index is 0.00692. The number of pyridine rings is 1. The van der Waals surface area contributed by atoms with Crippen LogP contribution in [0.5, 0.6) is 0 Å². The largest absolute Gasteiger partial charge is 0.464 e. The van der Waals surface area contributed by atoms with Crippen molar-refractivity contribution in [3.05, 3.63) is 71.3 Å². The Kier molecular flexibility index (Phi) is 11.0. The summed E-state index contributed by atoms with van der Waals surface area (Å²) in [6.45, 7) is 8.51. The third-order valence-electron chi connectivity index (χ3n) is 6.80. The van der Waals surface area contributed by atoms with Gasteiger partial charge in [0.1, 0.15) is 18.0 Å². The fourth-order valence-electron chi connectivity index (χ4n) is 4.69. The Hall–Kier alpha value is -4.22. The van der Waals surface area contributed by atoms with Crippen LogP contribution >= 0.6 is 11.6 Å². The number of carbonyl (C=O) groups excluding carboxylic acids is 2. The number of esters is 1. The van der Waals surface area contributed by atoms with E-state index in [1.54, 1.807) is 37.0 Å². The summed E-state index contributed by atoms with van der Waals surface area (Å²) in [5, 5.41) is 5.57. The van der Waals surface area contributed by atoms with E-state index in [0.29, 0.717) is 38.4 Å². The molecular formula is C33H39ClFN5O5. The van der Waals surface area contributed by atoms with E-state index in [1.165, 1.54) is 11.0 Å². The fourth-order valence-corrected chi connectivity index (χ4v) is 4.87. The van der Waals surface area contributed by atoms with Crippen LogP contribution in [0.4, 0.5) is 20.6 Å². The molecule has 10 nitrogen and oxygen atoms in total. The lowest BCUT2D eigenvalue weighted by molar-refractivity contribution is -0.148. The third kappa shape index (κ3) is 8.92. The number of aromatic nitrogens is 3. The maximum atomic E-state index is 14.1. The molecule has 1 amide bonds. The summed E-state index contributed by atoms with van der Waals surface area (Å²) in [7, 11) is 3.52. The van der Waals surface area contributed by atoms with Crippen LogP contribution in [0.1, 0.15) is 39.8 Å². The number of fused-ring (bicyclic) bond motifs is 1. The number of hydrogen-bond donors (Lipinski definition) is 0. The van der Waals surface area contributed by atoms with Crippen molar-refractivity contribution < 1.29 is 28.2 Å². The Morgan fingerprint density at radius 2 is 1.87 bits per heavy atom. The highest BCUT2D eigenvalue weighted by atomic mass is 35.5. The summed E-state index contributed by atoms with van der Waals surface area (Å²) in [5.74, 6) is -0.926. The zero-order valence-corrected chi connectivity index (χ0v) is 27.2. The number of anilines is 2. The van der Waals surface area contributed by atoms with Crippen molar-refractivity contribution in [3.8, 4) is 11.3 Å². The molecule has 0 atom stereocenters. The second-order valence-electron chi connectivity index (χ2n) is 11.5. The first-order valence-electron chi connectivity index (χ1n) is 14.7. The van der Waals surface area contributed by atoms with Crippen LogP contribution in [0.2, 0.25) is 5.02 Å². The number of ether oxygens (including phenoxy) is 3. The first kappa shape index (κ1) is 33.7. The Morgan fingerprint density at radius 1 is 1.09 bits per heavy atom. The monoisotopic (exact) mass is 639 g/mol. The quantitative estimate of drug-likeness (QED) is 0.122. The molecule has 0 aliphatic carbocycles. The Bertz CT molecular complexity index is 1650. The maximum Gasteiger partial charge on any atom is 0.410 e. The van der Waals surface area contributed by atoms with Gasteiger partial charge in [-0.05, 0) is 76.6 Å². The molecule has 0 spiro atoms. The van der Waals surface area contributed by atoms with Gasteiger partial charge in [-0.3, -0.25) is 9.67 Å². The van der Waals surface area contributed by atoms with Crippen LogP contribution in [0.15, 0.2) is 54.7 Å². The number of aryl methyl sites for hydroxylation is 1. The molecule has 0 unspecified atom stereocenters. The number of carbonyl (C=O) groups is 2. The third-order valence-corrected chi connectivity index (χ3v) is 7.09. The second-order valence-corrected chi connectivity index (χ2v) is 11.9. The van der Waals surface area contributed by atoms with Gasteiger partial charge in [0.05, 0.1) is 40.8 Å². The molecule has 0 radical (unpaired) electrons. The van der Waals surface area contributed by atoms with Crippen LogP contribution in [-0.2, 0) is 32.6 Å². The smallest absolute Gasteiger partial charge is 0.410 e. The highest BCUT2D eigenvalue weighted by molar-refractivity contribution is 6.31. The molecule has 0 saturated carbocycles. The number of nitrogens with zero attached hydrogens (tertiary/aromatic N) is 5. The molecular weight excluding hydrogens is 601 g/mol. The maximum absolute atomic E-state index is 14.1. The summed E-state index contributed by atoms with van der Waals surface area (Å²) in [5.41, 5.74) is 4.09. The minimum atomic E-state index is -0.595. The second kappa shape index (κ2) is 14.7. The van der Waals surface area contributed by atoms with Gasteiger partial charge >= 0.3 is 12.1 Å². The van der Waals surface area contributed by atoms with Gasteiger partial charge in [0, 0.05) is 50.1 Å². The predicted octanol–water partition coefficient (Wildman–Crippen LogP) is 6.90. The van der Waals surface area contributed by atoms with Crippen molar-refractivity contribution in [1.82, 2.24) is 19.7 Å². The van der Waals surface area contributed by atoms with Gasteiger partial charge in [0.25, 0.3) is 0 Å². The van der Waals surface area contributed by atoms with Gasteiger partial charge in [-0.25, -0.2) is 14.0 Å². The molecule has 2 aromatic heterocycles. The molecule has 4 rings (SSSR count). The van der Waals surface area contributed by atoms with Crippen molar-refractivity contribution >= 4 is 45.9 Å². The van der Waals surface area contributed by atoms with E-state index in [1.807, 2.05) is 63.1 Å². The van der Waals surface area contributed by atoms with Gasteiger partial charge in [0.2, 0.25) is 0 Å². The molecule has 0 saturated heterocycles. The average Bonchev–Trinajstić information content (AvgIpc) is 3.35. The zero-order valence-electron chi connectivity index (χ0n) is 26.5. The summed E-state index contributed by atoms with van der Waals surface area (Å²) in [4.78, 5) is 32.3. The van der Waals surface area contributed by atoms with Crippen LogP contribution in [0.25, 0.3) is 22.2 Å². The first-order valence-corrected chi connectivity index (χ1v) is 15.1. The molecule has 240 valence electrons. The van der Waals surface area contributed by atoms with Gasteiger partial charge in [-0.1, -0.05) is 17.7 Å². The summed E-state index contributed by atoms with van der Waals surface area (Å²) < 4.78 is 31.8. The number of hydrogen-bond acceptors (Lipinski definition) is 8. The lowest BCUT2D eigenvalue weighted by atomic mass is 10.1. The zero-order chi connectivity index (χ0) is 32.7. The molecule has 45 heavy (non-hydrogen) atoms. The number of rotatable bonds is 12. The molecule has 0 bridgehead atoms. The fraction of sp³-hybridized carbons (Fsp3) is 0.394. The van der Waals surface area contributed by atoms with Gasteiger partial charge in [-0.2, -0.15) is 5.10 Å². The van der Waals surface area contributed by atoms with Gasteiger partial charge < -0.3 is 24.0 Å². The Balaban J connectivity index is 1.63. The van der Waals surface area contributed by atoms with Crippen molar-refractivity contribution in [2.24, 2.45) is 7.05 Å². The van der Waals surface area contributed by atoms with E-state index in [2.05, 4.69) is 4.98 Å². The number of halogens is 2. The predicted molar refractivity (Wildman–Crippen MR) is 172 cm³/mol. The summed E-state index contributed by atoms with van der Waals surface area (Å²) in [6, 6.07) is 14.3. The van der Waals surface area contributed by atoms with E-state index in [9.17, 15) is 14.0 Å². The lowest BCUT2D eigenvalue weighted by Crippen LogP contribution is -2.34. The Morgan fingerprint density at radius 3 is 2.58 bits per heavy atom. The van der Waals surface area contributed by atoms with Crippen LogP contribution in [-0.4, -0.2) is 70.7 Å². The molecule has 12 heteroatoms. The molecule has 0 aliphatic heterocycles. The molecule has 0 aliphatic rings. The molecule has 2 heterocycles. The lowest BCUT2D eigenvalue weighted by Gasteiger charge is -2.27. The molecule has 4 aromatic rings. The molecule has 0 fully saturated rings. The first-order chi connectivity index (χ1) is 21.4. The van der Waals surface area contributed by atoms with Crippen molar-refractivity contribution in [2.45, 2.75) is 46.3 Å². The highest BCUT2D eigenvalue weighted by Crippen LogP contribution is 2.35. The van der Waals surface area contributed by atoms with Crippen LogP contribution in [0.3, 0.4) is 0 Å². The SMILES string of the molecule is CCOC(=O)COCCCN(c1ccc(F)c(Cl)c1)c1ccnc2ccc(-c3cc(CN(C)C(=O)OC(C)(C)C)n(C)n3)cc12. The average molecular weight is 640 g/mol. The minimum Gasteiger partial charge on any atom is -0.464 e. The normalized spacial score (nSPS) is 11.5. The van der Waals surface area contributed by atoms with E-state index >= 15 is 0 Å².